The molecular weight excluding hydrogens is 703 g/mol. The lowest BCUT2D eigenvalue weighted by Gasteiger charge is -2.51. The molecule has 3 nitrogen and oxygen atoms in total. The molecule has 0 atom stereocenters. The number of fused-ring (bicyclic) bond motifs is 16. The van der Waals surface area contributed by atoms with Crippen LogP contribution in [0.3, 0.4) is 0 Å². The van der Waals surface area contributed by atoms with E-state index in [0.717, 1.165) is 21.9 Å². The molecule has 8 aromatic carbocycles. The zero-order valence-corrected chi connectivity index (χ0v) is 33.0. The van der Waals surface area contributed by atoms with Gasteiger partial charge in [0.1, 0.15) is 11.2 Å². The van der Waals surface area contributed by atoms with Crippen molar-refractivity contribution in [3.05, 3.63) is 197 Å². The van der Waals surface area contributed by atoms with E-state index >= 15 is 0 Å². The Labute approximate surface area is 338 Å². The lowest BCUT2D eigenvalue weighted by atomic mass is 9.42. The smallest absolute Gasteiger partial charge is 0.333 e. The Morgan fingerprint density at radius 2 is 1.19 bits per heavy atom. The van der Waals surface area contributed by atoms with E-state index in [0.29, 0.717) is 0 Å². The fourth-order valence-corrected chi connectivity index (χ4v) is 11.3. The molecule has 9 aromatic rings. The summed E-state index contributed by atoms with van der Waals surface area (Å²) in [5.74, 6) is 0. The lowest BCUT2D eigenvalue weighted by Crippen LogP contribution is -2.62. The van der Waals surface area contributed by atoms with E-state index in [4.69, 9.17) is 4.42 Å². The zero-order valence-electron chi connectivity index (χ0n) is 33.0. The molecule has 3 aliphatic heterocycles. The van der Waals surface area contributed by atoms with Crippen molar-refractivity contribution < 1.29 is 4.42 Å². The first-order valence-electron chi connectivity index (χ1n) is 20.5. The molecule has 0 saturated heterocycles. The summed E-state index contributed by atoms with van der Waals surface area (Å²) in [5.41, 5.74) is 23.2. The minimum Gasteiger partial charge on any atom is -0.456 e. The van der Waals surface area contributed by atoms with Gasteiger partial charge in [-0.2, -0.15) is 0 Å². The third kappa shape index (κ3) is 3.90. The number of hydrogen-bond donors (Lipinski definition) is 0. The largest absolute Gasteiger partial charge is 0.456 e. The standard InChI is InChI=1S/C54H39BN2O/c1-32-28-40-38-31-50-39(37-16-7-12-23-49(37)58-50)30-47(38)57(34-26-24-33(25-27-34)53(2,3)4)55-45-21-13-20-44-52(45)56(48(29-32)51(40)55)46-22-11-10-19-43(46)54(44)41-17-8-5-14-35(41)36-15-6-9-18-42(36)54/h5-31H,1-4H3. The van der Waals surface area contributed by atoms with Crippen LogP contribution in [-0.2, 0) is 10.8 Å². The van der Waals surface area contributed by atoms with Crippen LogP contribution in [0.1, 0.15) is 54.2 Å². The quantitative estimate of drug-likeness (QED) is 0.156. The van der Waals surface area contributed by atoms with E-state index in [1.807, 2.05) is 0 Å². The second kappa shape index (κ2) is 11.0. The van der Waals surface area contributed by atoms with Gasteiger partial charge in [0.2, 0.25) is 0 Å². The molecule has 0 bridgehead atoms. The summed E-state index contributed by atoms with van der Waals surface area (Å²) in [6, 6.07) is 61.9. The van der Waals surface area contributed by atoms with Gasteiger partial charge in [0.05, 0.1) is 11.1 Å². The number of benzene rings is 8. The molecule has 58 heavy (non-hydrogen) atoms. The molecule has 274 valence electrons. The van der Waals surface area contributed by atoms with Gasteiger partial charge in [0, 0.05) is 39.1 Å². The average molecular weight is 743 g/mol. The molecule has 4 heteroatoms. The molecule has 1 aromatic heterocycles. The van der Waals surface area contributed by atoms with Crippen LogP contribution in [0.4, 0.5) is 28.4 Å². The number of aryl methyl sites for hydroxylation is 1. The molecule has 0 saturated carbocycles. The van der Waals surface area contributed by atoms with Crippen molar-refractivity contribution in [3.63, 3.8) is 0 Å². The van der Waals surface area contributed by atoms with Gasteiger partial charge in [-0.05, 0) is 116 Å². The SMILES string of the molecule is Cc1cc2c3c(c1)N1c4ccccc4C4(c5ccccc5-c5ccccc54)c4cccc(c41)B3N(c1ccc(C(C)(C)C)cc1)c1cc3c(cc1-2)oc1ccccc13. The average Bonchev–Trinajstić information content (AvgIpc) is 3.76. The van der Waals surface area contributed by atoms with Gasteiger partial charge in [-0.15, -0.1) is 0 Å². The Balaban J connectivity index is 1.18. The highest BCUT2D eigenvalue weighted by Crippen LogP contribution is 2.64. The molecule has 0 N–H and O–H groups in total. The van der Waals surface area contributed by atoms with Crippen LogP contribution in [0.25, 0.3) is 44.2 Å². The summed E-state index contributed by atoms with van der Waals surface area (Å²) in [6.45, 7) is 9.05. The molecule has 4 aliphatic rings. The van der Waals surface area contributed by atoms with E-state index in [1.165, 1.54) is 95.0 Å². The Morgan fingerprint density at radius 1 is 0.517 bits per heavy atom. The molecule has 1 spiro atoms. The van der Waals surface area contributed by atoms with Gasteiger partial charge >= 0.3 is 6.85 Å². The first-order chi connectivity index (χ1) is 28.3. The van der Waals surface area contributed by atoms with Crippen molar-refractivity contribution in [1.29, 1.82) is 0 Å². The maximum Gasteiger partial charge on any atom is 0.333 e. The van der Waals surface area contributed by atoms with Crippen LogP contribution in [0, 0.1) is 6.92 Å². The summed E-state index contributed by atoms with van der Waals surface area (Å²) >= 11 is 0. The van der Waals surface area contributed by atoms with Gasteiger partial charge in [-0.25, -0.2) is 0 Å². The third-order valence-electron chi connectivity index (χ3n) is 13.6. The first kappa shape index (κ1) is 32.3. The van der Waals surface area contributed by atoms with Crippen molar-refractivity contribution in [2.24, 2.45) is 0 Å². The third-order valence-corrected chi connectivity index (χ3v) is 13.6. The lowest BCUT2D eigenvalue weighted by molar-refractivity contribution is 0.590. The topological polar surface area (TPSA) is 19.6 Å². The first-order valence-corrected chi connectivity index (χ1v) is 20.5. The zero-order chi connectivity index (χ0) is 38.7. The maximum atomic E-state index is 6.61. The Kier molecular flexibility index (Phi) is 6.13. The van der Waals surface area contributed by atoms with E-state index in [-0.39, 0.29) is 12.3 Å². The number of rotatable bonds is 1. The highest BCUT2D eigenvalue weighted by Gasteiger charge is 2.55. The summed E-state index contributed by atoms with van der Waals surface area (Å²) < 4.78 is 6.61. The molecule has 0 fully saturated rings. The van der Waals surface area contributed by atoms with Crippen molar-refractivity contribution >= 4 is 68.1 Å². The fourth-order valence-electron chi connectivity index (χ4n) is 11.3. The molecule has 1 aliphatic carbocycles. The molecule has 0 amide bonds. The Bertz CT molecular complexity index is 3210. The number of hydrogen-bond acceptors (Lipinski definition) is 3. The van der Waals surface area contributed by atoms with Crippen LogP contribution in [-0.4, -0.2) is 6.85 Å². The number of anilines is 5. The van der Waals surface area contributed by atoms with Gasteiger partial charge < -0.3 is 14.1 Å². The second-order valence-electron chi connectivity index (χ2n) is 17.7. The second-order valence-corrected chi connectivity index (χ2v) is 17.7. The summed E-state index contributed by atoms with van der Waals surface area (Å²) in [4.78, 5) is 5.25. The maximum absolute atomic E-state index is 6.61. The predicted molar refractivity (Wildman–Crippen MR) is 242 cm³/mol. The molecule has 13 rings (SSSR count). The number of para-hydroxylation sites is 3. The van der Waals surface area contributed by atoms with E-state index < -0.39 is 5.41 Å². The molecule has 4 heterocycles. The normalized spacial score (nSPS) is 14.9. The highest BCUT2D eigenvalue weighted by atomic mass is 16.3. The minimum absolute atomic E-state index is 0.0386. The van der Waals surface area contributed by atoms with Crippen LogP contribution in [0.2, 0.25) is 0 Å². The highest BCUT2D eigenvalue weighted by molar-refractivity contribution is 6.93. The van der Waals surface area contributed by atoms with E-state index in [1.54, 1.807) is 0 Å². The van der Waals surface area contributed by atoms with Crippen LogP contribution in [0.5, 0.6) is 0 Å². The molecular formula is C54H39BN2O. The van der Waals surface area contributed by atoms with Gasteiger partial charge in [0.25, 0.3) is 0 Å². The van der Waals surface area contributed by atoms with Gasteiger partial charge in [-0.3, -0.25) is 0 Å². The van der Waals surface area contributed by atoms with Crippen molar-refractivity contribution in [2.75, 3.05) is 9.71 Å². The van der Waals surface area contributed by atoms with Crippen molar-refractivity contribution in [3.8, 4) is 22.3 Å². The Hall–Kier alpha value is -6.78. The van der Waals surface area contributed by atoms with E-state index in [9.17, 15) is 0 Å². The van der Waals surface area contributed by atoms with Gasteiger partial charge in [0.15, 0.2) is 0 Å². The van der Waals surface area contributed by atoms with Gasteiger partial charge in [-0.1, -0.05) is 142 Å². The minimum atomic E-state index is -0.483. The van der Waals surface area contributed by atoms with Crippen molar-refractivity contribution in [2.45, 2.75) is 38.5 Å². The number of furan rings is 1. The van der Waals surface area contributed by atoms with E-state index in [2.05, 4.69) is 201 Å². The summed E-state index contributed by atoms with van der Waals surface area (Å²) in [5, 5.41) is 2.28. The monoisotopic (exact) mass is 742 g/mol. The Morgan fingerprint density at radius 3 is 1.95 bits per heavy atom. The summed E-state index contributed by atoms with van der Waals surface area (Å²) in [7, 11) is 0. The van der Waals surface area contributed by atoms with Crippen LogP contribution < -0.4 is 20.6 Å². The molecule has 0 radical (unpaired) electrons. The fraction of sp³-hybridized carbons (Fsp3) is 0.111. The van der Waals surface area contributed by atoms with Crippen LogP contribution >= 0.6 is 0 Å². The molecule has 0 unspecified atom stereocenters. The predicted octanol–water partition coefficient (Wildman–Crippen LogP) is 12.6. The van der Waals surface area contributed by atoms with Crippen molar-refractivity contribution in [1.82, 2.24) is 0 Å². The number of nitrogens with zero attached hydrogens (tertiary/aromatic N) is 2. The summed E-state index contributed by atoms with van der Waals surface area (Å²) in [6.07, 6.45) is 0. The van der Waals surface area contributed by atoms with Crippen LogP contribution in [0.15, 0.2) is 168 Å².